The topological polar surface area (TPSA) is 25.8 Å². The summed E-state index contributed by atoms with van der Waals surface area (Å²) in [4.78, 5) is 7.31. The number of aryl methyl sites for hydroxylation is 2. The van der Waals surface area contributed by atoms with Gasteiger partial charge < -0.3 is 0 Å². The van der Waals surface area contributed by atoms with Crippen molar-refractivity contribution in [3.05, 3.63) is 20.3 Å². The highest BCUT2D eigenvalue weighted by Crippen LogP contribution is 2.36. The summed E-state index contributed by atoms with van der Waals surface area (Å²) in [6.45, 7) is 0. The second-order valence-electron chi connectivity index (χ2n) is 3.63. The summed E-state index contributed by atoms with van der Waals surface area (Å²) in [6.07, 6.45) is 5.20. The molecule has 5 heteroatoms. The first kappa shape index (κ1) is 10.2. The second-order valence-corrected chi connectivity index (χ2v) is 6.49. The molecule has 1 aliphatic carbocycles. The van der Waals surface area contributed by atoms with Gasteiger partial charge in [-0.15, -0.1) is 11.3 Å². The van der Waals surface area contributed by atoms with Gasteiger partial charge in [0.1, 0.15) is 0 Å². The Balaban J connectivity index is 2.02. The number of thiophene rings is 1. The van der Waals surface area contributed by atoms with Crippen LogP contribution in [-0.2, 0) is 12.8 Å². The molecule has 2 aromatic rings. The lowest BCUT2D eigenvalue weighted by molar-refractivity contribution is 0.697. The second kappa shape index (κ2) is 4.10. The Morgan fingerprint density at radius 1 is 1.27 bits per heavy atom. The lowest BCUT2D eigenvalue weighted by atomic mass is 9.99. The van der Waals surface area contributed by atoms with E-state index in [2.05, 4.69) is 38.0 Å². The Bertz CT molecular complexity index is 466. The molecule has 2 heterocycles. The molecule has 0 aliphatic heterocycles. The summed E-state index contributed by atoms with van der Waals surface area (Å²) in [5.74, 6) is 0. The van der Waals surface area contributed by atoms with E-state index in [9.17, 15) is 0 Å². The first-order valence-electron chi connectivity index (χ1n) is 4.94. The molecule has 0 fully saturated rings. The van der Waals surface area contributed by atoms with Crippen molar-refractivity contribution in [1.29, 1.82) is 0 Å². The van der Waals surface area contributed by atoms with Gasteiger partial charge in [0.05, 0.1) is 4.88 Å². The Morgan fingerprint density at radius 2 is 2.13 bits per heavy atom. The number of halogens is 1. The highest BCUT2D eigenvalue weighted by molar-refractivity contribution is 14.1. The highest BCUT2D eigenvalue weighted by atomic mass is 127. The third kappa shape index (κ3) is 1.97. The van der Waals surface area contributed by atoms with Gasteiger partial charge in [0.15, 0.2) is 5.01 Å². The van der Waals surface area contributed by atoms with E-state index in [1.165, 1.54) is 42.1 Å². The van der Waals surface area contributed by atoms with Gasteiger partial charge in [0.25, 0.3) is 0 Å². The van der Waals surface area contributed by atoms with Crippen molar-refractivity contribution < 1.29 is 0 Å². The van der Waals surface area contributed by atoms with Crippen molar-refractivity contribution in [1.82, 2.24) is 9.36 Å². The normalized spacial score (nSPS) is 15.3. The van der Waals surface area contributed by atoms with Crippen LogP contribution in [0.25, 0.3) is 9.88 Å². The van der Waals surface area contributed by atoms with Crippen molar-refractivity contribution in [3.63, 3.8) is 0 Å². The fraction of sp³-hybridized carbons (Fsp3) is 0.400. The lowest BCUT2D eigenvalue weighted by Crippen LogP contribution is -1.96. The predicted molar refractivity (Wildman–Crippen MR) is 72.6 cm³/mol. The zero-order valence-electron chi connectivity index (χ0n) is 7.99. The van der Waals surface area contributed by atoms with E-state index in [4.69, 9.17) is 0 Å². The van der Waals surface area contributed by atoms with Gasteiger partial charge in [0.2, 0.25) is 3.83 Å². The third-order valence-corrected chi connectivity index (χ3v) is 5.54. The van der Waals surface area contributed by atoms with Crippen LogP contribution in [0.4, 0.5) is 0 Å². The molecule has 0 saturated heterocycles. The van der Waals surface area contributed by atoms with Crippen LogP contribution in [-0.4, -0.2) is 9.36 Å². The van der Waals surface area contributed by atoms with Gasteiger partial charge in [-0.2, -0.15) is 4.37 Å². The summed E-state index contributed by atoms with van der Waals surface area (Å²) >= 11 is 5.58. The maximum atomic E-state index is 4.43. The molecule has 0 saturated carbocycles. The monoisotopic (exact) mass is 348 g/mol. The molecule has 0 radical (unpaired) electrons. The molecule has 2 aromatic heterocycles. The Labute approximate surface area is 110 Å². The summed E-state index contributed by atoms with van der Waals surface area (Å²) < 4.78 is 5.08. The zero-order valence-corrected chi connectivity index (χ0v) is 11.8. The number of aromatic nitrogens is 2. The van der Waals surface area contributed by atoms with E-state index in [-0.39, 0.29) is 0 Å². The quantitative estimate of drug-likeness (QED) is 0.734. The fourth-order valence-corrected chi connectivity index (χ4v) is 4.46. The minimum Gasteiger partial charge on any atom is -0.209 e. The van der Waals surface area contributed by atoms with Gasteiger partial charge >= 0.3 is 0 Å². The minimum absolute atomic E-state index is 0.860. The molecule has 2 nitrogen and oxygen atoms in total. The van der Waals surface area contributed by atoms with Crippen LogP contribution in [0.15, 0.2) is 6.07 Å². The lowest BCUT2D eigenvalue weighted by Gasteiger charge is -2.08. The number of fused-ring (bicyclic) bond motifs is 1. The SMILES string of the molecule is Ic1nsc(-c2cc3c(s2)CCCC3)n1. The van der Waals surface area contributed by atoms with E-state index in [1.807, 2.05) is 11.3 Å². The molecule has 0 unspecified atom stereocenters. The molecular weight excluding hydrogens is 339 g/mol. The molecule has 0 aromatic carbocycles. The summed E-state index contributed by atoms with van der Waals surface area (Å²) in [5.41, 5.74) is 1.55. The van der Waals surface area contributed by atoms with Crippen molar-refractivity contribution in [2.75, 3.05) is 0 Å². The smallest absolute Gasteiger partial charge is 0.203 e. The van der Waals surface area contributed by atoms with E-state index in [1.54, 1.807) is 10.4 Å². The van der Waals surface area contributed by atoms with Gasteiger partial charge in [0, 0.05) is 27.5 Å². The largest absolute Gasteiger partial charge is 0.209 e. The molecule has 0 atom stereocenters. The standard InChI is InChI=1S/C10H9IN2S2/c11-10-12-9(15-13-10)8-5-6-3-1-2-4-7(6)14-8/h5H,1-4H2. The van der Waals surface area contributed by atoms with Crippen LogP contribution in [0.2, 0.25) is 0 Å². The number of hydrogen-bond acceptors (Lipinski definition) is 4. The number of nitrogens with zero attached hydrogens (tertiary/aromatic N) is 2. The average molecular weight is 348 g/mol. The van der Waals surface area contributed by atoms with Gasteiger partial charge in [-0.1, -0.05) is 0 Å². The van der Waals surface area contributed by atoms with Crippen LogP contribution in [0, 0.1) is 3.83 Å². The molecule has 15 heavy (non-hydrogen) atoms. The Hall–Kier alpha value is -0.0100. The summed E-state index contributed by atoms with van der Waals surface area (Å²) in [7, 11) is 0. The van der Waals surface area contributed by atoms with Crippen molar-refractivity contribution >= 4 is 45.5 Å². The maximum absolute atomic E-state index is 4.43. The zero-order chi connectivity index (χ0) is 10.3. The van der Waals surface area contributed by atoms with Gasteiger partial charge in [-0.3, -0.25) is 0 Å². The van der Waals surface area contributed by atoms with Crippen LogP contribution in [0.5, 0.6) is 0 Å². The van der Waals surface area contributed by atoms with E-state index in [0.29, 0.717) is 0 Å². The molecule has 0 bridgehead atoms. The van der Waals surface area contributed by atoms with Crippen molar-refractivity contribution in [2.45, 2.75) is 25.7 Å². The van der Waals surface area contributed by atoms with Crippen molar-refractivity contribution in [3.8, 4) is 9.88 Å². The van der Waals surface area contributed by atoms with Crippen LogP contribution in [0.3, 0.4) is 0 Å². The maximum Gasteiger partial charge on any atom is 0.203 e. The molecule has 3 rings (SSSR count). The summed E-state index contributed by atoms with van der Waals surface area (Å²) in [6, 6.07) is 2.32. The molecule has 0 N–H and O–H groups in total. The first-order valence-corrected chi connectivity index (χ1v) is 7.61. The average Bonchev–Trinajstić information content (AvgIpc) is 2.82. The Morgan fingerprint density at radius 3 is 2.87 bits per heavy atom. The van der Waals surface area contributed by atoms with E-state index >= 15 is 0 Å². The fourth-order valence-electron chi connectivity index (χ4n) is 1.90. The Kier molecular flexibility index (Phi) is 2.78. The van der Waals surface area contributed by atoms with Crippen LogP contribution < -0.4 is 0 Å². The highest BCUT2D eigenvalue weighted by Gasteiger charge is 2.15. The molecule has 0 amide bonds. The minimum atomic E-state index is 0.860. The number of rotatable bonds is 1. The molecule has 0 spiro atoms. The van der Waals surface area contributed by atoms with Gasteiger partial charge in [-0.05, 0) is 48.8 Å². The molecule has 1 aliphatic rings. The molecular formula is C10H9IN2S2. The predicted octanol–water partition coefficient (Wildman–Crippen LogP) is 3.75. The first-order chi connectivity index (χ1) is 7.33. The third-order valence-electron chi connectivity index (χ3n) is 2.61. The van der Waals surface area contributed by atoms with Gasteiger partial charge in [-0.25, -0.2) is 4.98 Å². The number of hydrogen-bond donors (Lipinski definition) is 0. The molecule has 78 valence electrons. The van der Waals surface area contributed by atoms with E-state index in [0.717, 1.165) is 8.84 Å². The van der Waals surface area contributed by atoms with Crippen molar-refractivity contribution in [2.24, 2.45) is 0 Å². The van der Waals surface area contributed by atoms with E-state index < -0.39 is 0 Å². The summed E-state index contributed by atoms with van der Waals surface area (Å²) in [5, 5.41) is 1.08. The van der Waals surface area contributed by atoms with Crippen LogP contribution in [0.1, 0.15) is 23.3 Å². The van der Waals surface area contributed by atoms with Crippen LogP contribution >= 0.6 is 45.5 Å².